The molecule has 0 bridgehead atoms. The molecule has 1 aliphatic heterocycles. The number of nitrogens with two attached hydrogens (primary N) is 1. The maximum atomic E-state index is 14.1. The first kappa shape index (κ1) is 19.5. The Hall–Kier alpha value is -2.86. The minimum Gasteiger partial charge on any atom is -0.366 e. The first-order valence-corrected chi connectivity index (χ1v) is 11.1. The molecule has 2 heterocycles. The predicted molar refractivity (Wildman–Crippen MR) is 111 cm³/mol. The van der Waals surface area contributed by atoms with E-state index in [1.165, 1.54) is 12.1 Å². The molecule has 0 radical (unpaired) electrons. The molecule has 1 amide bonds. The highest BCUT2D eigenvalue weighted by molar-refractivity contribution is 8.24. The number of rotatable bonds is 3. The third-order valence-electron chi connectivity index (χ3n) is 5.54. The normalized spacial score (nSPS) is 17.7. The van der Waals surface area contributed by atoms with Crippen molar-refractivity contribution in [2.45, 2.75) is 18.8 Å². The van der Waals surface area contributed by atoms with Crippen molar-refractivity contribution in [3.63, 3.8) is 0 Å². The number of hydrogen-bond donors (Lipinski definition) is 4. The van der Waals surface area contributed by atoms with Gasteiger partial charge in [0, 0.05) is 23.1 Å². The molecular weight excluding hydrogens is 393 g/mol. The number of halogens is 1. The molecule has 5 N–H and O–H groups in total. The Labute approximate surface area is 168 Å². The topological polar surface area (TPSA) is 123 Å². The molecule has 1 aromatic heterocycles. The molecule has 0 spiro atoms. The molecule has 2 aromatic carbocycles. The number of carbonyl (C=O) groups excluding carboxylic acids is 1. The van der Waals surface area contributed by atoms with Crippen LogP contribution in [0.25, 0.3) is 22.0 Å². The maximum Gasteiger partial charge on any atom is 0.250 e. The second-order valence-corrected chi connectivity index (χ2v) is 9.77. The molecule has 3 aromatic rings. The minimum absolute atomic E-state index is 0.0477. The quantitative estimate of drug-likeness (QED) is 0.502. The van der Waals surface area contributed by atoms with Gasteiger partial charge in [-0.2, -0.15) is 15.9 Å². The van der Waals surface area contributed by atoms with Gasteiger partial charge in [-0.1, -0.05) is 6.07 Å². The Morgan fingerprint density at radius 3 is 2.55 bits per heavy atom. The first-order valence-electron chi connectivity index (χ1n) is 9.17. The molecule has 4 rings (SSSR count). The average Bonchev–Trinajstić information content (AvgIpc) is 3.11. The van der Waals surface area contributed by atoms with E-state index >= 15 is 0 Å². The van der Waals surface area contributed by atoms with Gasteiger partial charge < -0.3 is 10.7 Å². The largest absolute Gasteiger partial charge is 0.366 e. The molecule has 0 unspecified atom stereocenters. The maximum absolute atomic E-state index is 14.1. The van der Waals surface area contributed by atoms with E-state index in [-0.39, 0.29) is 11.5 Å². The molecule has 0 saturated carbocycles. The lowest BCUT2D eigenvalue weighted by atomic mass is 9.90. The smallest absolute Gasteiger partial charge is 0.250 e. The van der Waals surface area contributed by atoms with Crippen molar-refractivity contribution >= 4 is 27.4 Å². The minimum atomic E-state index is -2.50. The van der Waals surface area contributed by atoms with Crippen LogP contribution < -0.4 is 5.73 Å². The summed E-state index contributed by atoms with van der Waals surface area (Å²) in [5.41, 5.74) is 8.59. The monoisotopic (exact) mass is 413 g/mol. The first-order chi connectivity index (χ1) is 13.8. The fraction of sp³-hybridized carbons (Fsp3) is 0.238. The molecule has 1 aliphatic rings. The van der Waals surface area contributed by atoms with Gasteiger partial charge in [-0.3, -0.25) is 13.9 Å². The average molecular weight is 413 g/mol. The number of nitriles is 1. The van der Waals surface area contributed by atoms with Crippen LogP contribution in [0.4, 0.5) is 4.39 Å². The van der Waals surface area contributed by atoms with E-state index in [4.69, 9.17) is 11.0 Å². The van der Waals surface area contributed by atoms with Gasteiger partial charge in [0.25, 0.3) is 5.91 Å². The zero-order valence-corrected chi connectivity index (χ0v) is 16.3. The number of hydrogen-bond acceptors (Lipinski definition) is 4. The number of primary amides is 1. The summed E-state index contributed by atoms with van der Waals surface area (Å²) in [5.74, 6) is -0.395. The Kier molecular flexibility index (Phi) is 4.82. The number of fused-ring (bicyclic) bond motifs is 1. The highest BCUT2D eigenvalue weighted by Crippen LogP contribution is 2.49. The molecule has 6 nitrogen and oxygen atoms in total. The van der Waals surface area contributed by atoms with Crippen molar-refractivity contribution in [2.24, 2.45) is 5.73 Å². The van der Waals surface area contributed by atoms with Gasteiger partial charge in [-0.25, -0.2) is 4.39 Å². The van der Waals surface area contributed by atoms with Crippen molar-refractivity contribution in [1.29, 1.82) is 5.26 Å². The van der Waals surface area contributed by atoms with E-state index in [9.17, 15) is 18.3 Å². The van der Waals surface area contributed by atoms with Gasteiger partial charge in [0.1, 0.15) is 11.9 Å². The van der Waals surface area contributed by atoms with Crippen molar-refractivity contribution in [1.82, 2.24) is 4.98 Å². The van der Waals surface area contributed by atoms with E-state index in [0.717, 1.165) is 10.9 Å². The van der Waals surface area contributed by atoms with E-state index in [1.807, 2.05) is 12.3 Å². The second-order valence-electron chi connectivity index (χ2n) is 7.35. The van der Waals surface area contributed by atoms with Gasteiger partial charge in [0.2, 0.25) is 0 Å². The third kappa shape index (κ3) is 3.60. The summed E-state index contributed by atoms with van der Waals surface area (Å²) in [6.07, 6.45) is 3.11. The number of aromatic nitrogens is 1. The fourth-order valence-corrected chi connectivity index (χ4v) is 5.48. The van der Waals surface area contributed by atoms with Gasteiger partial charge in [-0.05, 0) is 59.7 Å². The lowest BCUT2D eigenvalue weighted by Gasteiger charge is -2.39. The molecule has 0 atom stereocenters. The molecule has 8 heteroatoms. The van der Waals surface area contributed by atoms with Crippen LogP contribution in [0.2, 0.25) is 0 Å². The third-order valence-corrected chi connectivity index (χ3v) is 7.32. The summed E-state index contributed by atoms with van der Waals surface area (Å²) in [6.45, 7) is 0. The summed E-state index contributed by atoms with van der Waals surface area (Å²) in [6, 6.07) is 9.60. The second kappa shape index (κ2) is 7.19. The summed E-state index contributed by atoms with van der Waals surface area (Å²) < 4.78 is 33.9. The summed E-state index contributed by atoms with van der Waals surface area (Å²) in [4.78, 5) is 15.2. The van der Waals surface area contributed by atoms with Crippen molar-refractivity contribution in [3.05, 3.63) is 59.0 Å². The Morgan fingerprint density at radius 1 is 1.21 bits per heavy atom. The molecule has 1 saturated heterocycles. The molecule has 1 fully saturated rings. The van der Waals surface area contributed by atoms with Crippen LogP contribution in [-0.2, 0) is 0 Å². The highest BCUT2D eigenvalue weighted by Gasteiger charge is 2.27. The van der Waals surface area contributed by atoms with Crippen LogP contribution >= 0.6 is 10.6 Å². The Morgan fingerprint density at radius 2 is 1.93 bits per heavy atom. The van der Waals surface area contributed by atoms with Gasteiger partial charge in [-0.15, -0.1) is 0 Å². The van der Waals surface area contributed by atoms with Crippen LogP contribution in [0.5, 0.6) is 0 Å². The molecular formula is C21H20FN3O3S. The van der Waals surface area contributed by atoms with Crippen LogP contribution in [0.1, 0.15) is 40.2 Å². The number of carbonyl (C=O) groups is 1. The van der Waals surface area contributed by atoms with Crippen LogP contribution in [0.3, 0.4) is 0 Å². The van der Waals surface area contributed by atoms with Crippen molar-refractivity contribution < 1.29 is 18.3 Å². The number of amides is 1. The fourth-order valence-electron chi connectivity index (χ4n) is 3.96. The molecule has 150 valence electrons. The number of nitrogens with one attached hydrogen (secondary N) is 1. The summed E-state index contributed by atoms with van der Waals surface area (Å²) >= 11 is 0. The van der Waals surface area contributed by atoms with Crippen molar-refractivity contribution in [2.75, 3.05) is 11.5 Å². The van der Waals surface area contributed by atoms with E-state index in [2.05, 4.69) is 4.98 Å². The SMILES string of the molecule is N#Cc1ccc(-c2cc(C(N)=O)c3[nH]cc(C4CCS(O)(O)CC4)c3c2)cc1F. The van der Waals surface area contributed by atoms with Crippen molar-refractivity contribution in [3.8, 4) is 17.2 Å². The van der Waals surface area contributed by atoms with Gasteiger partial charge in [0.15, 0.2) is 0 Å². The van der Waals surface area contributed by atoms with Gasteiger partial charge in [0.05, 0.1) is 16.6 Å². The van der Waals surface area contributed by atoms with Crippen LogP contribution in [0, 0.1) is 17.1 Å². The van der Waals surface area contributed by atoms with E-state index in [1.54, 1.807) is 18.2 Å². The predicted octanol–water partition coefficient (Wildman–Crippen LogP) is 4.57. The Bertz CT molecular complexity index is 1160. The summed E-state index contributed by atoms with van der Waals surface area (Å²) in [7, 11) is -2.50. The lowest BCUT2D eigenvalue weighted by Crippen LogP contribution is -2.19. The number of benzene rings is 2. The Balaban J connectivity index is 1.84. The number of nitrogens with zero attached hydrogens (tertiary/aromatic N) is 1. The zero-order chi connectivity index (χ0) is 20.8. The lowest BCUT2D eigenvalue weighted by molar-refractivity contribution is 0.100. The van der Waals surface area contributed by atoms with E-state index < -0.39 is 22.3 Å². The van der Waals surface area contributed by atoms with Crippen LogP contribution in [0.15, 0.2) is 36.5 Å². The molecule has 0 aliphatic carbocycles. The summed E-state index contributed by atoms with van der Waals surface area (Å²) in [5, 5.41) is 9.75. The zero-order valence-electron chi connectivity index (χ0n) is 15.5. The highest BCUT2D eigenvalue weighted by atomic mass is 32.3. The number of aromatic amines is 1. The van der Waals surface area contributed by atoms with E-state index in [0.29, 0.717) is 46.6 Å². The number of H-pyrrole nitrogens is 1. The standard InChI is InChI=1S/C21H20FN3O3S/c22-19-9-13(1-2-14(19)10-23)15-7-16-18(12-3-5-29(27,28)6-4-12)11-25-20(16)17(8-15)21(24)26/h1-2,7-9,11-12,25,27-28H,3-6H2,(H2,24,26). The van der Waals surface area contributed by atoms with Gasteiger partial charge >= 0.3 is 0 Å². The molecule has 29 heavy (non-hydrogen) atoms. The van der Waals surface area contributed by atoms with Crippen LogP contribution in [-0.4, -0.2) is 31.5 Å².